The molecule has 0 spiro atoms. The highest BCUT2D eigenvalue weighted by Gasteiger charge is 2.04. The van der Waals surface area contributed by atoms with Gasteiger partial charge >= 0.3 is 0 Å². The summed E-state index contributed by atoms with van der Waals surface area (Å²) in [5, 5.41) is 7.86. The van der Waals surface area contributed by atoms with Crippen molar-refractivity contribution in [3.8, 4) is 5.75 Å². The van der Waals surface area contributed by atoms with Crippen molar-refractivity contribution >= 4 is 11.3 Å². The monoisotopic (exact) mass is 289 g/mol. The van der Waals surface area contributed by atoms with Gasteiger partial charge in [-0.25, -0.2) is 0 Å². The van der Waals surface area contributed by atoms with E-state index in [4.69, 9.17) is 4.74 Å². The molecule has 0 saturated carbocycles. The summed E-state index contributed by atoms with van der Waals surface area (Å²) in [6.07, 6.45) is 2.28. The van der Waals surface area contributed by atoms with Gasteiger partial charge in [0.25, 0.3) is 0 Å². The van der Waals surface area contributed by atoms with Crippen LogP contribution in [0.15, 0.2) is 41.1 Å². The first-order valence-corrected chi connectivity index (χ1v) is 8.21. The van der Waals surface area contributed by atoms with E-state index >= 15 is 0 Å². The Hall–Kier alpha value is -1.32. The van der Waals surface area contributed by atoms with Crippen molar-refractivity contribution in [2.75, 3.05) is 6.61 Å². The van der Waals surface area contributed by atoms with E-state index in [2.05, 4.69) is 60.3 Å². The van der Waals surface area contributed by atoms with Crippen molar-refractivity contribution in [3.05, 3.63) is 52.2 Å². The van der Waals surface area contributed by atoms with Crippen LogP contribution in [0.1, 0.15) is 43.9 Å². The number of hydrogen-bond donors (Lipinski definition) is 1. The van der Waals surface area contributed by atoms with Gasteiger partial charge in [-0.1, -0.05) is 25.5 Å². The van der Waals surface area contributed by atoms with Gasteiger partial charge in [0.15, 0.2) is 0 Å². The summed E-state index contributed by atoms with van der Waals surface area (Å²) in [7, 11) is 0. The smallest absolute Gasteiger partial charge is 0.119 e. The molecule has 20 heavy (non-hydrogen) atoms. The Morgan fingerprint density at radius 3 is 2.65 bits per heavy atom. The zero-order valence-electron chi connectivity index (χ0n) is 12.3. The molecule has 0 aliphatic rings. The largest absolute Gasteiger partial charge is 0.494 e. The lowest BCUT2D eigenvalue weighted by molar-refractivity contribution is 0.309. The van der Waals surface area contributed by atoms with Gasteiger partial charge in [-0.05, 0) is 53.4 Å². The number of unbranched alkanes of at least 4 members (excludes halogenated alkanes) is 1. The second-order valence-corrected chi connectivity index (χ2v) is 5.79. The molecule has 1 aromatic heterocycles. The Balaban J connectivity index is 1.78. The first-order valence-electron chi connectivity index (χ1n) is 7.27. The van der Waals surface area contributed by atoms with E-state index in [1.54, 1.807) is 11.3 Å². The predicted octanol–water partition coefficient (Wildman–Crippen LogP) is 4.78. The van der Waals surface area contributed by atoms with Crippen LogP contribution in [0, 0.1) is 0 Å². The fourth-order valence-corrected chi connectivity index (χ4v) is 2.70. The molecule has 1 heterocycles. The van der Waals surface area contributed by atoms with Crippen LogP contribution in [0.5, 0.6) is 5.75 Å². The summed E-state index contributed by atoms with van der Waals surface area (Å²) in [5.74, 6) is 0.966. The Kier molecular flexibility index (Phi) is 6.09. The van der Waals surface area contributed by atoms with Crippen LogP contribution in [0.3, 0.4) is 0 Å². The summed E-state index contributed by atoms with van der Waals surface area (Å²) in [6, 6.07) is 10.9. The highest BCUT2D eigenvalue weighted by molar-refractivity contribution is 7.07. The van der Waals surface area contributed by atoms with Crippen LogP contribution in [-0.2, 0) is 6.54 Å². The average molecular weight is 289 g/mol. The van der Waals surface area contributed by atoms with Gasteiger partial charge in [0.2, 0.25) is 0 Å². The average Bonchev–Trinajstić information content (AvgIpc) is 3.01. The molecule has 2 nitrogen and oxygen atoms in total. The second-order valence-electron chi connectivity index (χ2n) is 5.01. The SMILES string of the molecule is CCCCOc1ccc(CNC(C)c2ccsc2)cc1. The minimum atomic E-state index is 0.390. The van der Waals surface area contributed by atoms with Crippen molar-refractivity contribution in [2.45, 2.75) is 39.3 Å². The number of hydrogen-bond acceptors (Lipinski definition) is 3. The molecule has 2 aromatic rings. The van der Waals surface area contributed by atoms with E-state index in [1.807, 2.05) is 0 Å². The number of ether oxygens (including phenoxy) is 1. The van der Waals surface area contributed by atoms with Gasteiger partial charge in [0.1, 0.15) is 5.75 Å². The fourth-order valence-electron chi connectivity index (χ4n) is 1.95. The molecule has 3 heteroatoms. The van der Waals surface area contributed by atoms with Gasteiger partial charge in [-0.2, -0.15) is 11.3 Å². The predicted molar refractivity (Wildman–Crippen MR) is 86.4 cm³/mol. The molecule has 2 rings (SSSR count). The van der Waals surface area contributed by atoms with Crippen LogP contribution in [0.4, 0.5) is 0 Å². The molecule has 0 bridgehead atoms. The molecule has 1 aromatic carbocycles. The van der Waals surface area contributed by atoms with Crippen LogP contribution in [-0.4, -0.2) is 6.61 Å². The molecule has 1 unspecified atom stereocenters. The highest BCUT2D eigenvalue weighted by atomic mass is 32.1. The normalized spacial score (nSPS) is 12.3. The summed E-state index contributed by atoms with van der Waals surface area (Å²) in [4.78, 5) is 0. The third kappa shape index (κ3) is 4.66. The second kappa shape index (κ2) is 8.08. The van der Waals surface area contributed by atoms with Gasteiger partial charge in [0, 0.05) is 12.6 Å². The number of benzene rings is 1. The van der Waals surface area contributed by atoms with Crippen LogP contribution in [0.2, 0.25) is 0 Å². The van der Waals surface area contributed by atoms with Crippen molar-refractivity contribution in [1.29, 1.82) is 0 Å². The third-order valence-electron chi connectivity index (χ3n) is 3.35. The lowest BCUT2D eigenvalue weighted by Gasteiger charge is -2.13. The van der Waals surface area contributed by atoms with Gasteiger partial charge in [-0.3, -0.25) is 0 Å². The minimum Gasteiger partial charge on any atom is -0.494 e. The minimum absolute atomic E-state index is 0.390. The number of rotatable bonds is 8. The topological polar surface area (TPSA) is 21.3 Å². The van der Waals surface area contributed by atoms with Crippen molar-refractivity contribution in [1.82, 2.24) is 5.32 Å². The maximum Gasteiger partial charge on any atom is 0.119 e. The summed E-state index contributed by atoms with van der Waals surface area (Å²) in [6.45, 7) is 6.06. The van der Waals surface area contributed by atoms with Crippen LogP contribution < -0.4 is 10.1 Å². The molecule has 0 radical (unpaired) electrons. The molecular formula is C17H23NOS. The lowest BCUT2D eigenvalue weighted by Crippen LogP contribution is -2.17. The standard InChI is InChI=1S/C17H23NOS/c1-3-4-10-19-17-7-5-15(6-8-17)12-18-14(2)16-9-11-20-13-16/h5-9,11,13-14,18H,3-4,10,12H2,1-2H3. The van der Waals surface area contributed by atoms with Crippen LogP contribution in [0.25, 0.3) is 0 Å². The molecule has 0 aliphatic heterocycles. The first kappa shape index (κ1) is 15.1. The zero-order valence-corrected chi connectivity index (χ0v) is 13.1. The molecule has 0 aliphatic carbocycles. The van der Waals surface area contributed by atoms with E-state index in [0.717, 1.165) is 25.3 Å². The maximum absolute atomic E-state index is 5.67. The highest BCUT2D eigenvalue weighted by Crippen LogP contribution is 2.17. The summed E-state index contributed by atoms with van der Waals surface area (Å²) in [5.41, 5.74) is 2.64. The van der Waals surface area contributed by atoms with Gasteiger partial charge in [0.05, 0.1) is 6.61 Å². The molecule has 0 amide bonds. The fraction of sp³-hybridized carbons (Fsp3) is 0.412. The zero-order chi connectivity index (χ0) is 14.2. The molecule has 1 N–H and O–H groups in total. The molecule has 1 atom stereocenters. The van der Waals surface area contributed by atoms with Crippen molar-refractivity contribution in [3.63, 3.8) is 0 Å². The van der Waals surface area contributed by atoms with Crippen molar-refractivity contribution in [2.24, 2.45) is 0 Å². The van der Waals surface area contributed by atoms with Crippen LogP contribution >= 0.6 is 11.3 Å². The molecule has 0 fully saturated rings. The summed E-state index contributed by atoms with van der Waals surface area (Å²) < 4.78 is 5.67. The Bertz CT molecular complexity index is 478. The van der Waals surface area contributed by atoms with Gasteiger partial charge < -0.3 is 10.1 Å². The Labute approximate surface area is 125 Å². The molecule has 0 saturated heterocycles. The Morgan fingerprint density at radius 1 is 1.20 bits per heavy atom. The lowest BCUT2D eigenvalue weighted by atomic mass is 10.1. The molecular weight excluding hydrogens is 266 g/mol. The number of nitrogens with one attached hydrogen (secondary N) is 1. The molecule has 108 valence electrons. The van der Waals surface area contributed by atoms with E-state index < -0.39 is 0 Å². The summed E-state index contributed by atoms with van der Waals surface area (Å²) >= 11 is 1.74. The quantitative estimate of drug-likeness (QED) is 0.706. The van der Waals surface area contributed by atoms with E-state index in [9.17, 15) is 0 Å². The maximum atomic E-state index is 5.67. The number of thiophene rings is 1. The third-order valence-corrected chi connectivity index (χ3v) is 4.05. The first-order chi connectivity index (χ1) is 9.79. The van der Waals surface area contributed by atoms with E-state index in [0.29, 0.717) is 6.04 Å². The Morgan fingerprint density at radius 2 is 2.00 bits per heavy atom. The van der Waals surface area contributed by atoms with Crippen molar-refractivity contribution < 1.29 is 4.74 Å². The van der Waals surface area contributed by atoms with Gasteiger partial charge in [-0.15, -0.1) is 0 Å². The van der Waals surface area contributed by atoms with E-state index in [1.165, 1.54) is 17.5 Å². The van der Waals surface area contributed by atoms with E-state index in [-0.39, 0.29) is 0 Å².